The Morgan fingerprint density at radius 2 is 2.03 bits per heavy atom. The number of fused-ring (bicyclic) bond motifs is 1. The van der Waals surface area contributed by atoms with Crippen molar-refractivity contribution in [1.29, 1.82) is 0 Å². The van der Waals surface area contributed by atoms with Crippen LogP contribution in [-0.2, 0) is 34.5 Å². The van der Waals surface area contributed by atoms with Crippen molar-refractivity contribution in [2.45, 2.75) is 43.8 Å². The highest BCUT2D eigenvalue weighted by Crippen LogP contribution is 2.30. The zero-order chi connectivity index (χ0) is 22.2. The first-order chi connectivity index (χ1) is 14.8. The summed E-state index contributed by atoms with van der Waals surface area (Å²) in [4.78, 5) is 14.6. The third-order valence-corrected chi connectivity index (χ3v) is 7.07. The molecule has 9 nitrogen and oxygen atoms in total. The standard InChI is InChI=1S/C20H22ClN5O4S/c1-2-7-25-11-15(8-22-25)31(29,30)26-10-14-9-24(12-19(14)23-26)20(28)17(13-27)16-5-3-4-6-18(16)21/h3-6,8,10-11,17,27H,2,7,9,12-13H2,1H3/t17-/m1/s1. The number of halogens is 1. The summed E-state index contributed by atoms with van der Waals surface area (Å²) in [7, 11) is -3.86. The van der Waals surface area contributed by atoms with Crippen LogP contribution < -0.4 is 0 Å². The maximum Gasteiger partial charge on any atom is 0.286 e. The van der Waals surface area contributed by atoms with Gasteiger partial charge in [0.1, 0.15) is 4.90 Å². The maximum absolute atomic E-state index is 13.0. The molecule has 1 atom stereocenters. The molecule has 0 saturated heterocycles. The number of hydrogen-bond donors (Lipinski definition) is 1. The summed E-state index contributed by atoms with van der Waals surface area (Å²) in [5.74, 6) is -1.08. The molecule has 0 unspecified atom stereocenters. The van der Waals surface area contributed by atoms with Crippen molar-refractivity contribution < 1.29 is 18.3 Å². The van der Waals surface area contributed by atoms with Crippen molar-refractivity contribution in [1.82, 2.24) is 23.9 Å². The van der Waals surface area contributed by atoms with Crippen LogP contribution in [0, 0.1) is 0 Å². The van der Waals surface area contributed by atoms with Crippen LogP contribution in [0.1, 0.15) is 36.1 Å². The Kier molecular flexibility index (Phi) is 5.87. The average Bonchev–Trinajstić information content (AvgIpc) is 3.45. The van der Waals surface area contributed by atoms with E-state index in [0.717, 1.165) is 10.5 Å². The van der Waals surface area contributed by atoms with Gasteiger partial charge in [0.15, 0.2) is 0 Å². The highest BCUT2D eigenvalue weighted by Gasteiger charge is 2.34. The predicted octanol–water partition coefficient (Wildman–Crippen LogP) is 2.00. The normalized spacial score (nSPS) is 14.6. The zero-order valence-electron chi connectivity index (χ0n) is 16.8. The van der Waals surface area contributed by atoms with E-state index in [1.807, 2.05) is 6.92 Å². The summed E-state index contributed by atoms with van der Waals surface area (Å²) in [6.45, 7) is 2.59. The van der Waals surface area contributed by atoms with Gasteiger partial charge in [0.25, 0.3) is 10.0 Å². The van der Waals surface area contributed by atoms with Crippen LogP contribution in [0.25, 0.3) is 0 Å². The zero-order valence-corrected chi connectivity index (χ0v) is 18.4. The molecule has 0 spiro atoms. The topological polar surface area (TPSA) is 110 Å². The Balaban J connectivity index is 1.52. The minimum Gasteiger partial charge on any atom is -0.395 e. The molecule has 0 aliphatic carbocycles. The lowest BCUT2D eigenvalue weighted by Crippen LogP contribution is -2.33. The van der Waals surface area contributed by atoms with E-state index >= 15 is 0 Å². The minimum absolute atomic E-state index is 0.0640. The fraction of sp³-hybridized carbons (Fsp3) is 0.350. The second-order valence-corrected chi connectivity index (χ2v) is 9.57. The summed E-state index contributed by atoms with van der Waals surface area (Å²) < 4.78 is 28.2. The highest BCUT2D eigenvalue weighted by atomic mass is 35.5. The fourth-order valence-electron chi connectivity index (χ4n) is 3.63. The number of hydrogen-bond acceptors (Lipinski definition) is 6. The summed E-state index contributed by atoms with van der Waals surface area (Å²) in [6.07, 6.45) is 5.06. The van der Waals surface area contributed by atoms with Gasteiger partial charge < -0.3 is 10.0 Å². The smallest absolute Gasteiger partial charge is 0.286 e. The lowest BCUT2D eigenvalue weighted by Gasteiger charge is -2.22. The van der Waals surface area contributed by atoms with Crippen molar-refractivity contribution >= 4 is 27.5 Å². The maximum atomic E-state index is 13.0. The Morgan fingerprint density at radius 1 is 1.26 bits per heavy atom. The number of amides is 1. The molecule has 0 fully saturated rings. The summed E-state index contributed by atoms with van der Waals surface area (Å²) in [6, 6.07) is 6.89. The van der Waals surface area contributed by atoms with Crippen molar-refractivity contribution in [3.63, 3.8) is 0 Å². The van der Waals surface area contributed by atoms with Crippen LogP contribution >= 0.6 is 11.6 Å². The number of carbonyl (C=O) groups excluding carboxylic acids is 1. The molecular weight excluding hydrogens is 442 g/mol. The molecule has 1 aliphatic rings. The largest absolute Gasteiger partial charge is 0.395 e. The molecule has 1 aromatic carbocycles. The number of aliphatic hydroxyl groups excluding tert-OH is 1. The Bertz CT molecular complexity index is 1200. The molecule has 3 heterocycles. The van der Waals surface area contributed by atoms with Crippen molar-refractivity contribution in [3.8, 4) is 0 Å². The molecule has 164 valence electrons. The Morgan fingerprint density at radius 3 is 2.71 bits per heavy atom. The molecular formula is C20H22ClN5O4S. The first kappa shape index (κ1) is 21.5. The van der Waals surface area contributed by atoms with Crippen LogP contribution in [0.4, 0.5) is 0 Å². The minimum atomic E-state index is -3.86. The number of benzene rings is 1. The molecule has 31 heavy (non-hydrogen) atoms. The van der Waals surface area contributed by atoms with E-state index in [2.05, 4.69) is 10.2 Å². The molecule has 0 radical (unpaired) electrons. The van der Waals surface area contributed by atoms with Gasteiger partial charge in [0.05, 0.1) is 31.0 Å². The summed E-state index contributed by atoms with van der Waals surface area (Å²) in [5.41, 5.74) is 1.71. The van der Waals surface area contributed by atoms with Gasteiger partial charge in [-0.25, -0.2) is 0 Å². The van der Waals surface area contributed by atoms with Gasteiger partial charge in [0.2, 0.25) is 5.91 Å². The molecule has 3 aromatic rings. The van der Waals surface area contributed by atoms with Gasteiger partial charge in [-0.2, -0.15) is 22.7 Å². The van der Waals surface area contributed by atoms with E-state index in [0.29, 0.717) is 28.4 Å². The second kappa shape index (κ2) is 8.45. The van der Waals surface area contributed by atoms with Crippen molar-refractivity contribution in [3.05, 3.63) is 64.7 Å². The highest BCUT2D eigenvalue weighted by molar-refractivity contribution is 7.89. The van der Waals surface area contributed by atoms with Crippen LogP contribution in [0.2, 0.25) is 5.02 Å². The first-order valence-electron chi connectivity index (χ1n) is 9.84. The number of aryl methyl sites for hydroxylation is 1. The van der Waals surface area contributed by atoms with E-state index in [1.165, 1.54) is 23.5 Å². The molecule has 2 aromatic heterocycles. The molecule has 4 rings (SSSR count). The lowest BCUT2D eigenvalue weighted by molar-refractivity contribution is -0.134. The van der Waals surface area contributed by atoms with Crippen molar-refractivity contribution in [2.75, 3.05) is 6.61 Å². The van der Waals surface area contributed by atoms with Gasteiger partial charge in [-0.15, -0.1) is 0 Å². The molecule has 11 heteroatoms. The van der Waals surface area contributed by atoms with Gasteiger partial charge >= 0.3 is 0 Å². The number of aromatic nitrogens is 4. The molecule has 0 saturated carbocycles. The van der Waals surface area contributed by atoms with Crippen molar-refractivity contribution in [2.24, 2.45) is 0 Å². The molecule has 1 amide bonds. The lowest BCUT2D eigenvalue weighted by atomic mass is 9.98. The van der Waals surface area contributed by atoms with Crippen LogP contribution in [0.5, 0.6) is 0 Å². The number of nitrogens with zero attached hydrogens (tertiary/aromatic N) is 5. The van der Waals surface area contributed by atoms with E-state index in [1.54, 1.807) is 28.9 Å². The number of carbonyl (C=O) groups is 1. The average molecular weight is 464 g/mol. The van der Waals surface area contributed by atoms with Crippen LogP contribution in [-0.4, -0.2) is 49.9 Å². The predicted molar refractivity (Wildman–Crippen MR) is 113 cm³/mol. The monoisotopic (exact) mass is 463 g/mol. The summed E-state index contributed by atoms with van der Waals surface area (Å²) in [5, 5.41) is 18.5. The second-order valence-electron chi connectivity index (χ2n) is 7.37. The Hall–Kier alpha value is -2.69. The summed E-state index contributed by atoms with van der Waals surface area (Å²) >= 11 is 6.20. The Labute approximate surface area is 184 Å². The molecule has 1 N–H and O–H groups in total. The van der Waals surface area contributed by atoms with Gasteiger partial charge in [-0.05, 0) is 18.1 Å². The first-order valence-corrected chi connectivity index (χ1v) is 11.7. The van der Waals surface area contributed by atoms with Gasteiger partial charge in [-0.1, -0.05) is 36.7 Å². The number of aliphatic hydroxyl groups is 1. The van der Waals surface area contributed by atoms with Gasteiger partial charge in [0, 0.05) is 36.1 Å². The molecule has 1 aliphatic heterocycles. The van der Waals surface area contributed by atoms with Crippen LogP contribution in [0.15, 0.2) is 47.8 Å². The van der Waals surface area contributed by atoms with E-state index in [-0.39, 0.29) is 30.5 Å². The SMILES string of the molecule is CCCn1cc(S(=O)(=O)n2cc3c(n2)CN(C(=O)[C@H](CO)c2ccccc2Cl)C3)cn1. The fourth-order valence-corrected chi connectivity index (χ4v) is 5.02. The quantitative estimate of drug-likeness (QED) is 0.573. The van der Waals surface area contributed by atoms with E-state index in [4.69, 9.17) is 11.6 Å². The third kappa shape index (κ3) is 3.98. The third-order valence-electron chi connectivity index (χ3n) is 5.24. The number of rotatable bonds is 7. The van der Waals surface area contributed by atoms with E-state index in [9.17, 15) is 18.3 Å². The van der Waals surface area contributed by atoms with E-state index < -0.39 is 15.9 Å². The van der Waals surface area contributed by atoms with Gasteiger partial charge in [-0.3, -0.25) is 9.48 Å². The van der Waals surface area contributed by atoms with Crippen LogP contribution in [0.3, 0.4) is 0 Å². The molecule has 0 bridgehead atoms.